The molecule has 1 aromatic rings. The molecule has 0 spiro atoms. The van der Waals surface area contributed by atoms with E-state index in [1.54, 1.807) is 6.26 Å². The average molecular weight is 348 g/mol. The minimum atomic E-state index is -4.15. The lowest BCUT2D eigenvalue weighted by molar-refractivity contribution is -0.155. The highest BCUT2D eigenvalue weighted by atomic mass is 32.2. The van der Waals surface area contributed by atoms with E-state index in [0.29, 0.717) is 26.2 Å². The highest BCUT2D eigenvalue weighted by Gasteiger charge is 2.38. The zero-order valence-electron chi connectivity index (χ0n) is 13.7. The van der Waals surface area contributed by atoms with E-state index in [1.165, 1.54) is 4.90 Å². The van der Waals surface area contributed by atoms with Crippen LogP contribution in [-0.2, 0) is 17.3 Å². The Morgan fingerprint density at radius 1 is 1.17 bits per heavy atom. The Kier molecular flexibility index (Phi) is 5.53. The third-order valence-electron chi connectivity index (χ3n) is 4.18. The quantitative estimate of drug-likeness (QED) is 0.836. The van der Waals surface area contributed by atoms with Gasteiger partial charge in [-0.25, -0.2) is 0 Å². The molecular weight excluding hydrogens is 325 g/mol. The predicted molar refractivity (Wildman–Crippen MR) is 85.8 cm³/mol. The number of halogens is 3. The monoisotopic (exact) mass is 348 g/mol. The standard InChI is InChI=1S/C16H23F3N2OS/c1-15(2)11-20(12-16(17,18)19)8-9-21(15)10-13-4-6-14(7-5-13)23(3)22/h4-7H,8-12H2,1-3H3/t23-/m0/s1. The summed E-state index contributed by atoms with van der Waals surface area (Å²) in [6, 6.07) is 7.57. The van der Waals surface area contributed by atoms with Crippen LogP contribution in [0, 0.1) is 0 Å². The van der Waals surface area contributed by atoms with Gasteiger partial charge in [0.15, 0.2) is 0 Å². The molecule has 1 aliphatic rings. The minimum absolute atomic E-state index is 0.324. The van der Waals surface area contributed by atoms with Gasteiger partial charge in [-0.2, -0.15) is 13.2 Å². The van der Waals surface area contributed by atoms with Crippen molar-refractivity contribution in [2.45, 2.75) is 37.0 Å². The van der Waals surface area contributed by atoms with Crippen molar-refractivity contribution >= 4 is 10.8 Å². The average Bonchev–Trinajstić information content (AvgIpc) is 2.40. The van der Waals surface area contributed by atoms with E-state index in [2.05, 4.69) is 4.90 Å². The third kappa shape index (κ3) is 5.29. The van der Waals surface area contributed by atoms with Gasteiger partial charge in [0.25, 0.3) is 0 Å². The maximum atomic E-state index is 12.6. The summed E-state index contributed by atoms with van der Waals surface area (Å²) in [7, 11) is -1.00. The molecule has 0 bridgehead atoms. The Hall–Kier alpha value is -0.920. The van der Waals surface area contributed by atoms with Crippen molar-refractivity contribution < 1.29 is 17.4 Å². The molecule has 0 saturated carbocycles. The molecule has 0 aromatic heterocycles. The molecule has 1 aliphatic heterocycles. The van der Waals surface area contributed by atoms with Gasteiger partial charge in [0.05, 0.1) is 6.54 Å². The first-order valence-electron chi connectivity index (χ1n) is 7.53. The first-order valence-corrected chi connectivity index (χ1v) is 9.09. The van der Waals surface area contributed by atoms with Gasteiger partial charge in [-0.05, 0) is 31.5 Å². The number of hydrogen-bond donors (Lipinski definition) is 0. The van der Waals surface area contributed by atoms with E-state index in [-0.39, 0.29) is 5.54 Å². The summed E-state index contributed by atoms with van der Waals surface area (Å²) in [4.78, 5) is 4.46. The fourth-order valence-corrected chi connectivity index (χ4v) is 3.50. The number of hydrogen-bond acceptors (Lipinski definition) is 3. The van der Waals surface area contributed by atoms with Gasteiger partial charge < -0.3 is 0 Å². The van der Waals surface area contributed by atoms with Crippen LogP contribution in [-0.4, -0.2) is 58.2 Å². The molecule has 23 heavy (non-hydrogen) atoms. The van der Waals surface area contributed by atoms with Crippen LogP contribution in [0.15, 0.2) is 29.2 Å². The van der Waals surface area contributed by atoms with Crippen molar-refractivity contribution in [2.75, 3.05) is 32.4 Å². The predicted octanol–water partition coefficient (Wildman–Crippen LogP) is 2.88. The van der Waals surface area contributed by atoms with Gasteiger partial charge in [-0.1, -0.05) is 12.1 Å². The van der Waals surface area contributed by atoms with Crippen molar-refractivity contribution in [1.82, 2.24) is 9.80 Å². The largest absolute Gasteiger partial charge is 0.401 e. The molecule has 2 rings (SSSR count). The molecule has 1 atom stereocenters. The Labute approximate surface area is 137 Å². The number of piperazine rings is 1. The fourth-order valence-electron chi connectivity index (χ4n) is 2.98. The van der Waals surface area contributed by atoms with Crippen molar-refractivity contribution in [1.29, 1.82) is 0 Å². The van der Waals surface area contributed by atoms with Crippen molar-refractivity contribution in [3.8, 4) is 0 Å². The highest BCUT2D eigenvalue weighted by molar-refractivity contribution is 7.84. The fraction of sp³-hybridized carbons (Fsp3) is 0.625. The molecule has 0 unspecified atom stereocenters. The maximum Gasteiger partial charge on any atom is 0.401 e. The Morgan fingerprint density at radius 2 is 1.78 bits per heavy atom. The summed E-state index contributed by atoms with van der Waals surface area (Å²) >= 11 is 0. The molecule has 1 heterocycles. The summed E-state index contributed by atoms with van der Waals surface area (Å²) in [5.74, 6) is 0. The Morgan fingerprint density at radius 3 is 2.26 bits per heavy atom. The SMILES string of the molecule is C[S@](=O)c1ccc(CN2CCN(CC(F)(F)F)CC2(C)C)cc1. The molecule has 1 fully saturated rings. The molecule has 1 aromatic carbocycles. The molecule has 7 heteroatoms. The first-order chi connectivity index (χ1) is 10.6. The van der Waals surface area contributed by atoms with Crippen molar-refractivity contribution in [3.63, 3.8) is 0 Å². The molecule has 0 N–H and O–H groups in total. The molecule has 0 radical (unpaired) electrons. The summed E-state index contributed by atoms with van der Waals surface area (Å²) in [6.45, 7) is 5.20. The third-order valence-corrected chi connectivity index (χ3v) is 5.12. The second kappa shape index (κ2) is 6.91. The van der Waals surface area contributed by atoms with Gasteiger partial charge in [-0.15, -0.1) is 0 Å². The van der Waals surface area contributed by atoms with Crippen LogP contribution in [0.3, 0.4) is 0 Å². The summed E-state index contributed by atoms with van der Waals surface area (Å²) in [5, 5.41) is 0. The Bertz CT molecular complexity index is 557. The molecule has 130 valence electrons. The molecule has 3 nitrogen and oxygen atoms in total. The summed E-state index contributed by atoms with van der Waals surface area (Å²) < 4.78 is 49.1. The van der Waals surface area contributed by atoms with E-state index >= 15 is 0 Å². The van der Waals surface area contributed by atoms with Gasteiger partial charge >= 0.3 is 6.18 Å². The van der Waals surface area contributed by atoms with Crippen LogP contribution >= 0.6 is 0 Å². The van der Waals surface area contributed by atoms with Crippen LogP contribution in [0.2, 0.25) is 0 Å². The van der Waals surface area contributed by atoms with Crippen LogP contribution in [0.5, 0.6) is 0 Å². The molecule has 1 saturated heterocycles. The highest BCUT2D eigenvalue weighted by Crippen LogP contribution is 2.26. The van der Waals surface area contributed by atoms with Crippen LogP contribution in [0.4, 0.5) is 13.2 Å². The lowest BCUT2D eigenvalue weighted by Crippen LogP contribution is -2.59. The zero-order valence-corrected chi connectivity index (χ0v) is 14.5. The summed E-state index contributed by atoms with van der Waals surface area (Å²) in [6.07, 6.45) is -2.51. The number of rotatable bonds is 4. The van der Waals surface area contributed by atoms with Gasteiger partial charge in [0, 0.05) is 53.7 Å². The minimum Gasteiger partial charge on any atom is -0.292 e. The molecule has 0 aliphatic carbocycles. The molecule has 0 amide bonds. The van der Waals surface area contributed by atoms with E-state index in [9.17, 15) is 17.4 Å². The smallest absolute Gasteiger partial charge is 0.292 e. The van der Waals surface area contributed by atoms with E-state index < -0.39 is 23.5 Å². The van der Waals surface area contributed by atoms with E-state index in [0.717, 1.165) is 10.5 Å². The van der Waals surface area contributed by atoms with Crippen LogP contribution in [0.25, 0.3) is 0 Å². The number of benzene rings is 1. The zero-order chi connectivity index (χ0) is 17.3. The van der Waals surface area contributed by atoms with Gasteiger partial charge in [0.2, 0.25) is 0 Å². The lowest BCUT2D eigenvalue weighted by Gasteiger charge is -2.47. The second-order valence-electron chi connectivity index (χ2n) is 6.66. The lowest BCUT2D eigenvalue weighted by atomic mass is 9.97. The van der Waals surface area contributed by atoms with E-state index in [4.69, 9.17) is 0 Å². The maximum absolute atomic E-state index is 12.6. The van der Waals surface area contributed by atoms with Crippen molar-refractivity contribution in [2.24, 2.45) is 0 Å². The number of alkyl halides is 3. The van der Waals surface area contributed by atoms with Crippen LogP contribution < -0.4 is 0 Å². The second-order valence-corrected chi connectivity index (χ2v) is 8.04. The van der Waals surface area contributed by atoms with Crippen molar-refractivity contribution in [3.05, 3.63) is 29.8 Å². The Balaban J connectivity index is 2.00. The van der Waals surface area contributed by atoms with Crippen LogP contribution in [0.1, 0.15) is 19.4 Å². The summed E-state index contributed by atoms with van der Waals surface area (Å²) in [5.41, 5.74) is 0.756. The number of nitrogens with zero attached hydrogens (tertiary/aromatic N) is 2. The van der Waals surface area contributed by atoms with Gasteiger partial charge in [0.1, 0.15) is 0 Å². The van der Waals surface area contributed by atoms with E-state index in [1.807, 2.05) is 38.1 Å². The molecular formula is C16H23F3N2OS. The topological polar surface area (TPSA) is 23.6 Å². The first kappa shape index (κ1) is 18.4. The van der Waals surface area contributed by atoms with Gasteiger partial charge in [-0.3, -0.25) is 14.0 Å². The normalized spacial score (nSPS) is 21.3.